The molecule has 166 valence electrons. The van der Waals surface area contributed by atoms with Crippen molar-refractivity contribution in [1.82, 2.24) is 25.0 Å². The molecule has 0 bridgehead atoms. The van der Waals surface area contributed by atoms with Crippen LogP contribution in [0.4, 0.5) is 0 Å². The van der Waals surface area contributed by atoms with E-state index < -0.39 is 0 Å². The zero-order valence-electron chi connectivity index (χ0n) is 17.7. The molecule has 1 atom stereocenters. The van der Waals surface area contributed by atoms with Gasteiger partial charge in [-0.1, -0.05) is 30.3 Å². The third-order valence-electron chi connectivity index (χ3n) is 5.92. The molecule has 8 nitrogen and oxygen atoms in total. The van der Waals surface area contributed by atoms with Gasteiger partial charge in [0.15, 0.2) is 5.69 Å². The molecule has 0 saturated carbocycles. The summed E-state index contributed by atoms with van der Waals surface area (Å²) in [5.74, 6) is -0.229. The van der Waals surface area contributed by atoms with Crippen molar-refractivity contribution < 1.29 is 14.3 Å². The maximum absolute atomic E-state index is 13.1. The van der Waals surface area contributed by atoms with E-state index in [9.17, 15) is 9.59 Å². The van der Waals surface area contributed by atoms with Gasteiger partial charge in [0.1, 0.15) is 11.1 Å². The van der Waals surface area contributed by atoms with Crippen LogP contribution in [0.25, 0.3) is 0 Å². The predicted octanol–water partition coefficient (Wildman–Crippen LogP) is 2.38. The first kappa shape index (κ1) is 20.8. The van der Waals surface area contributed by atoms with Gasteiger partial charge in [-0.15, -0.1) is 11.3 Å². The van der Waals surface area contributed by atoms with Crippen molar-refractivity contribution in [3.8, 4) is 0 Å². The van der Waals surface area contributed by atoms with Gasteiger partial charge in [-0.05, 0) is 18.4 Å². The van der Waals surface area contributed by atoms with E-state index in [1.807, 2.05) is 45.3 Å². The number of fused-ring (bicyclic) bond motifs is 1. The minimum absolute atomic E-state index is 0.0121. The molecule has 1 N–H and O–H groups in total. The highest BCUT2D eigenvalue weighted by atomic mass is 32.1. The van der Waals surface area contributed by atoms with Crippen LogP contribution in [0.2, 0.25) is 0 Å². The maximum Gasteiger partial charge on any atom is 0.272 e. The summed E-state index contributed by atoms with van der Waals surface area (Å²) >= 11 is 1.50. The number of thiazole rings is 1. The summed E-state index contributed by atoms with van der Waals surface area (Å²) in [5, 5.41) is 10.3. The molecule has 3 aromatic rings. The highest BCUT2D eigenvalue weighted by Crippen LogP contribution is 2.26. The van der Waals surface area contributed by atoms with Crippen LogP contribution in [0, 0.1) is 0 Å². The van der Waals surface area contributed by atoms with Gasteiger partial charge in [0, 0.05) is 49.0 Å². The number of benzene rings is 1. The summed E-state index contributed by atoms with van der Waals surface area (Å²) in [6.45, 7) is 2.56. The van der Waals surface area contributed by atoms with Crippen molar-refractivity contribution >= 4 is 23.2 Å². The second-order valence-corrected chi connectivity index (χ2v) is 9.02. The highest BCUT2D eigenvalue weighted by Gasteiger charge is 2.34. The number of carbonyl (C=O) groups is 2. The fourth-order valence-corrected chi connectivity index (χ4v) is 4.86. The van der Waals surface area contributed by atoms with Gasteiger partial charge in [0.05, 0.1) is 13.1 Å². The molecule has 0 aliphatic carbocycles. The normalized spacial score (nSPS) is 17.9. The zero-order valence-corrected chi connectivity index (χ0v) is 18.5. The van der Waals surface area contributed by atoms with E-state index in [2.05, 4.69) is 10.3 Å². The van der Waals surface area contributed by atoms with Gasteiger partial charge in [0.25, 0.3) is 11.8 Å². The molecular formula is C23H25N5O3S. The van der Waals surface area contributed by atoms with Gasteiger partial charge in [-0.3, -0.25) is 14.3 Å². The summed E-state index contributed by atoms with van der Waals surface area (Å²) in [4.78, 5) is 32.0. The number of rotatable bonds is 6. The Morgan fingerprint density at radius 3 is 2.88 bits per heavy atom. The lowest BCUT2D eigenvalue weighted by Crippen LogP contribution is -2.42. The Morgan fingerprint density at radius 2 is 2.12 bits per heavy atom. The first-order chi connectivity index (χ1) is 15.7. The van der Waals surface area contributed by atoms with Crippen LogP contribution in [-0.4, -0.2) is 50.7 Å². The Labute approximate surface area is 190 Å². The molecule has 9 heteroatoms. The Kier molecular flexibility index (Phi) is 6.00. The van der Waals surface area contributed by atoms with Gasteiger partial charge in [0.2, 0.25) is 0 Å². The first-order valence-electron chi connectivity index (χ1n) is 10.9. The second kappa shape index (κ2) is 9.22. The average Bonchev–Trinajstić information content (AvgIpc) is 3.59. The molecule has 4 heterocycles. The van der Waals surface area contributed by atoms with Gasteiger partial charge in [-0.2, -0.15) is 5.10 Å². The van der Waals surface area contributed by atoms with Crippen molar-refractivity contribution in [2.24, 2.45) is 0 Å². The standard InChI is InChI=1S/C23H25N5O3S/c29-22(25-13-20-24-9-12-32-20)21-17-15-27(23(30)19-7-4-11-31-19)10-8-18(17)28(26-21)14-16-5-2-1-3-6-16/h1-3,5-6,9,12,19H,4,7-8,10-11,13-15H2,(H,25,29). The molecule has 1 unspecified atom stereocenters. The lowest BCUT2D eigenvalue weighted by atomic mass is 10.0. The molecule has 32 heavy (non-hydrogen) atoms. The minimum atomic E-state index is -0.363. The number of amides is 2. The van der Waals surface area contributed by atoms with Crippen LogP contribution in [0.5, 0.6) is 0 Å². The van der Waals surface area contributed by atoms with Crippen LogP contribution in [0.15, 0.2) is 41.9 Å². The minimum Gasteiger partial charge on any atom is -0.368 e. The largest absolute Gasteiger partial charge is 0.368 e. The molecule has 0 spiro atoms. The van der Waals surface area contributed by atoms with Crippen molar-refractivity contribution in [1.29, 1.82) is 0 Å². The second-order valence-electron chi connectivity index (χ2n) is 8.04. The number of aromatic nitrogens is 3. The van der Waals surface area contributed by atoms with Crippen LogP contribution in [0.1, 0.15) is 45.2 Å². The number of hydrogen-bond donors (Lipinski definition) is 1. The molecule has 1 aromatic carbocycles. The predicted molar refractivity (Wildman–Crippen MR) is 119 cm³/mol. The molecule has 2 amide bonds. The first-order valence-corrected chi connectivity index (χ1v) is 11.8. The summed E-state index contributed by atoms with van der Waals surface area (Å²) in [5.41, 5.74) is 3.35. The summed E-state index contributed by atoms with van der Waals surface area (Å²) in [6, 6.07) is 10.1. The van der Waals surface area contributed by atoms with E-state index in [-0.39, 0.29) is 17.9 Å². The SMILES string of the molecule is O=C(NCc1nccs1)c1nn(Cc2ccccc2)c2c1CN(C(=O)C1CCCO1)CC2. The fourth-order valence-electron chi connectivity index (χ4n) is 4.30. The molecule has 1 fully saturated rings. The molecule has 0 radical (unpaired) electrons. The number of ether oxygens (including phenoxy) is 1. The fraction of sp³-hybridized carbons (Fsp3) is 0.391. The maximum atomic E-state index is 13.1. The van der Waals surface area contributed by atoms with E-state index >= 15 is 0 Å². The van der Waals surface area contributed by atoms with E-state index in [1.165, 1.54) is 11.3 Å². The lowest BCUT2D eigenvalue weighted by Gasteiger charge is -2.29. The Balaban J connectivity index is 1.41. The molecular weight excluding hydrogens is 426 g/mol. The van der Waals surface area contributed by atoms with Crippen LogP contribution >= 0.6 is 11.3 Å². The van der Waals surface area contributed by atoms with E-state index in [0.29, 0.717) is 44.9 Å². The van der Waals surface area contributed by atoms with E-state index in [0.717, 1.165) is 34.7 Å². The Hall–Kier alpha value is -3.04. The molecule has 1 saturated heterocycles. The summed E-state index contributed by atoms with van der Waals surface area (Å²) in [7, 11) is 0. The topological polar surface area (TPSA) is 89.4 Å². The molecule has 2 aliphatic rings. The third-order valence-corrected chi connectivity index (χ3v) is 6.70. The smallest absolute Gasteiger partial charge is 0.272 e. The van der Waals surface area contributed by atoms with Crippen molar-refractivity contribution in [2.75, 3.05) is 13.2 Å². The molecule has 2 aliphatic heterocycles. The van der Waals surface area contributed by atoms with E-state index in [4.69, 9.17) is 9.84 Å². The zero-order chi connectivity index (χ0) is 21.9. The average molecular weight is 452 g/mol. The lowest BCUT2D eigenvalue weighted by molar-refractivity contribution is -0.141. The summed E-state index contributed by atoms with van der Waals surface area (Å²) < 4.78 is 7.51. The van der Waals surface area contributed by atoms with Gasteiger partial charge >= 0.3 is 0 Å². The number of nitrogens with one attached hydrogen (secondary N) is 1. The van der Waals surface area contributed by atoms with Crippen molar-refractivity contribution in [3.63, 3.8) is 0 Å². The van der Waals surface area contributed by atoms with Crippen molar-refractivity contribution in [3.05, 3.63) is 69.4 Å². The van der Waals surface area contributed by atoms with E-state index in [1.54, 1.807) is 6.20 Å². The van der Waals surface area contributed by atoms with Gasteiger partial charge < -0.3 is 15.0 Å². The number of carbonyl (C=O) groups excluding carboxylic acids is 2. The number of nitrogens with zero attached hydrogens (tertiary/aromatic N) is 4. The monoisotopic (exact) mass is 451 g/mol. The van der Waals surface area contributed by atoms with Crippen LogP contribution < -0.4 is 5.32 Å². The number of hydrogen-bond acceptors (Lipinski definition) is 6. The van der Waals surface area contributed by atoms with Gasteiger partial charge in [-0.25, -0.2) is 4.98 Å². The Bertz CT molecular complexity index is 1090. The van der Waals surface area contributed by atoms with Crippen molar-refractivity contribution in [2.45, 2.75) is 45.0 Å². The molecule has 2 aromatic heterocycles. The quantitative estimate of drug-likeness (QED) is 0.622. The van der Waals surface area contributed by atoms with Crippen LogP contribution in [0.3, 0.4) is 0 Å². The molecule has 5 rings (SSSR count). The Morgan fingerprint density at radius 1 is 1.25 bits per heavy atom. The highest BCUT2D eigenvalue weighted by molar-refractivity contribution is 7.09. The third kappa shape index (κ3) is 4.31. The summed E-state index contributed by atoms with van der Waals surface area (Å²) in [6.07, 6.45) is 3.69. The van der Waals surface area contributed by atoms with Crippen LogP contribution in [-0.2, 0) is 35.6 Å².